The maximum atomic E-state index is 12.2. The summed E-state index contributed by atoms with van der Waals surface area (Å²) in [6.45, 7) is 2.40. The van der Waals surface area contributed by atoms with E-state index in [0.29, 0.717) is 12.2 Å². The van der Waals surface area contributed by atoms with Crippen molar-refractivity contribution in [3.63, 3.8) is 0 Å². The molecule has 1 unspecified atom stereocenters. The molecular weight excluding hydrogens is 205 g/mol. The zero-order chi connectivity index (χ0) is 11.5. The second kappa shape index (κ2) is 4.61. The first kappa shape index (κ1) is 12.0. The fourth-order valence-electron chi connectivity index (χ4n) is 1.26. The van der Waals surface area contributed by atoms with Gasteiger partial charge in [-0.1, -0.05) is 6.92 Å². The Morgan fingerprint density at radius 1 is 1.40 bits per heavy atom. The van der Waals surface area contributed by atoms with Gasteiger partial charge in [-0.15, -0.1) is 0 Å². The first-order chi connectivity index (χ1) is 6.95. The fraction of sp³-hybridized carbons (Fsp3) is 0.500. The van der Waals surface area contributed by atoms with Crippen molar-refractivity contribution in [1.29, 1.82) is 0 Å². The van der Waals surface area contributed by atoms with E-state index in [0.717, 1.165) is 18.7 Å². The number of halogens is 3. The van der Waals surface area contributed by atoms with Crippen molar-refractivity contribution in [1.82, 2.24) is 4.98 Å². The molecule has 0 saturated carbocycles. The van der Waals surface area contributed by atoms with Crippen molar-refractivity contribution in [2.75, 3.05) is 6.54 Å². The Labute approximate surface area is 86.3 Å². The molecule has 0 radical (unpaired) electrons. The van der Waals surface area contributed by atoms with Crippen molar-refractivity contribution < 1.29 is 13.2 Å². The molecule has 0 spiro atoms. The normalized spacial score (nSPS) is 13.9. The zero-order valence-electron chi connectivity index (χ0n) is 8.38. The second-order valence-corrected chi connectivity index (χ2v) is 3.45. The molecule has 1 atom stereocenters. The minimum absolute atomic E-state index is 0.0947. The van der Waals surface area contributed by atoms with Gasteiger partial charge in [-0.3, -0.25) is 4.98 Å². The van der Waals surface area contributed by atoms with Crippen LogP contribution in [-0.2, 0) is 6.18 Å². The summed E-state index contributed by atoms with van der Waals surface area (Å²) in [5, 5.41) is 0. The Morgan fingerprint density at radius 2 is 2.07 bits per heavy atom. The molecule has 2 nitrogen and oxygen atoms in total. The lowest BCUT2D eigenvalue weighted by Crippen LogP contribution is -2.09. The van der Waals surface area contributed by atoms with Gasteiger partial charge in [0.25, 0.3) is 0 Å². The molecular formula is C10H13F3N2. The zero-order valence-corrected chi connectivity index (χ0v) is 8.38. The van der Waals surface area contributed by atoms with E-state index >= 15 is 0 Å². The summed E-state index contributed by atoms with van der Waals surface area (Å²) in [5.74, 6) is 0.0947. The number of alkyl halides is 3. The van der Waals surface area contributed by atoms with Crippen LogP contribution >= 0.6 is 0 Å². The van der Waals surface area contributed by atoms with E-state index in [1.54, 1.807) is 0 Å². The van der Waals surface area contributed by atoms with Crippen molar-refractivity contribution in [2.45, 2.75) is 25.4 Å². The average molecular weight is 218 g/mol. The van der Waals surface area contributed by atoms with Crippen molar-refractivity contribution in [2.24, 2.45) is 5.73 Å². The van der Waals surface area contributed by atoms with Gasteiger partial charge in [-0.2, -0.15) is 13.2 Å². The summed E-state index contributed by atoms with van der Waals surface area (Å²) >= 11 is 0. The third-order valence-electron chi connectivity index (χ3n) is 2.22. The molecule has 0 saturated heterocycles. The number of rotatable bonds is 3. The van der Waals surface area contributed by atoms with E-state index < -0.39 is 11.7 Å². The van der Waals surface area contributed by atoms with Gasteiger partial charge >= 0.3 is 6.18 Å². The number of aromatic nitrogens is 1. The lowest BCUT2D eigenvalue weighted by atomic mass is 10.0. The molecule has 0 aromatic carbocycles. The van der Waals surface area contributed by atoms with Crippen LogP contribution in [0, 0.1) is 0 Å². The summed E-state index contributed by atoms with van der Waals surface area (Å²) in [6.07, 6.45) is -2.73. The van der Waals surface area contributed by atoms with Crippen LogP contribution < -0.4 is 5.73 Å². The largest absolute Gasteiger partial charge is 0.417 e. The lowest BCUT2D eigenvalue weighted by Gasteiger charge is -2.11. The van der Waals surface area contributed by atoms with E-state index in [1.165, 1.54) is 6.07 Å². The molecule has 1 rings (SSSR count). The van der Waals surface area contributed by atoms with Crippen LogP contribution in [0.15, 0.2) is 18.3 Å². The van der Waals surface area contributed by atoms with Crippen LogP contribution in [0.3, 0.4) is 0 Å². The Morgan fingerprint density at radius 3 is 2.47 bits per heavy atom. The minimum Gasteiger partial charge on any atom is -0.330 e. The van der Waals surface area contributed by atoms with Gasteiger partial charge < -0.3 is 5.73 Å². The second-order valence-electron chi connectivity index (χ2n) is 3.45. The van der Waals surface area contributed by atoms with E-state index in [4.69, 9.17) is 5.73 Å². The topological polar surface area (TPSA) is 38.9 Å². The average Bonchev–Trinajstić information content (AvgIpc) is 2.17. The SMILES string of the molecule is CC(CCN)c1ccc(C(F)(F)F)cn1. The Kier molecular flexibility index (Phi) is 3.68. The van der Waals surface area contributed by atoms with E-state index in [-0.39, 0.29) is 5.92 Å². The summed E-state index contributed by atoms with van der Waals surface area (Å²) in [4.78, 5) is 3.79. The first-order valence-electron chi connectivity index (χ1n) is 4.68. The molecule has 0 amide bonds. The Balaban J connectivity index is 2.81. The predicted molar refractivity (Wildman–Crippen MR) is 51.3 cm³/mol. The predicted octanol–water partition coefficient (Wildman–Crippen LogP) is 2.55. The molecule has 0 bridgehead atoms. The molecule has 15 heavy (non-hydrogen) atoms. The highest BCUT2D eigenvalue weighted by molar-refractivity contribution is 5.18. The summed E-state index contributed by atoms with van der Waals surface area (Å²) in [5.41, 5.74) is 5.29. The lowest BCUT2D eigenvalue weighted by molar-refractivity contribution is -0.137. The van der Waals surface area contributed by atoms with Crippen LogP contribution in [0.5, 0.6) is 0 Å². The molecule has 84 valence electrons. The maximum absolute atomic E-state index is 12.2. The van der Waals surface area contributed by atoms with E-state index in [1.807, 2.05) is 6.92 Å². The summed E-state index contributed by atoms with van der Waals surface area (Å²) in [6, 6.07) is 2.46. The Hall–Kier alpha value is -1.10. The summed E-state index contributed by atoms with van der Waals surface area (Å²) in [7, 11) is 0. The van der Waals surface area contributed by atoms with Crippen molar-refractivity contribution >= 4 is 0 Å². The van der Waals surface area contributed by atoms with Gasteiger partial charge in [0.05, 0.1) is 5.56 Å². The Bertz CT molecular complexity index is 305. The van der Waals surface area contributed by atoms with Gasteiger partial charge in [-0.25, -0.2) is 0 Å². The van der Waals surface area contributed by atoms with Crippen molar-refractivity contribution in [3.05, 3.63) is 29.6 Å². The number of nitrogens with two attached hydrogens (primary N) is 1. The molecule has 1 heterocycles. The highest BCUT2D eigenvalue weighted by Crippen LogP contribution is 2.29. The number of nitrogens with zero attached hydrogens (tertiary/aromatic N) is 1. The van der Waals surface area contributed by atoms with Gasteiger partial charge in [-0.05, 0) is 31.0 Å². The standard InChI is InChI=1S/C10H13F3N2/c1-7(4-5-14)9-3-2-8(6-15-9)10(11,12)13/h2-3,6-7H,4-5,14H2,1H3. The number of hydrogen-bond acceptors (Lipinski definition) is 2. The van der Waals surface area contributed by atoms with Crippen molar-refractivity contribution in [3.8, 4) is 0 Å². The van der Waals surface area contributed by atoms with Crippen LogP contribution in [0.25, 0.3) is 0 Å². The molecule has 1 aromatic rings. The smallest absolute Gasteiger partial charge is 0.330 e. The van der Waals surface area contributed by atoms with Gasteiger partial charge in [0.1, 0.15) is 0 Å². The molecule has 2 N–H and O–H groups in total. The maximum Gasteiger partial charge on any atom is 0.417 e. The monoisotopic (exact) mass is 218 g/mol. The molecule has 1 aromatic heterocycles. The quantitative estimate of drug-likeness (QED) is 0.846. The molecule has 5 heteroatoms. The number of pyridine rings is 1. The molecule has 0 aliphatic rings. The van der Waals surface area contributed by atoms with Gasteiger partial charge in [0, 0.05) is 11.9 Å². The number of hydrogen-bond donors (Lipinski definition) is 1. The van der Waals surface area contributed by atoms with E-state index in [9.17, 15) is 13.2 Å². The van der Waals surface area contributed by atoms with Crippen LogP contribution in [0.2, 0.25) is 0 Å². The van der Waals surface area contributed by atoms with Gasteiger partial charge in [0.2, 0.25) is 0 Å². The molecule has 0 fully saturated rings. The minimum atomic E-state index is -4.32. The van der Waals surface area contributed by atoms with Crippen LogP contribution in [-0.4, -0.2) is 11.5 Å². The first-order valence-corrected chi connectivity index (χ1v) is 4.68. The highest BCUT2D eigenvalue weighted by Gasteiger charge is 2.30. The summed E-state index contributed by atoms with van der Waals surface area (Å²) < 4.78 is 36.6. The van der Waals surface area contributed by atoms with Crippen LogP contribution in [0.4, 0.5) is 13.2 Å². The molecule has 0 aliphatic carbocycles. The third kappa shape index (κ3) is 3.20. The van der Waals surface area contributed by atoms with E-state index in [2.05, 4.69) is 4.98 Å². The third-order valence-corrected chi connectivity index (χ3v) is 2.22. The molecule has 0 aliphatic heterocycles. The fourth-order valence-corrected chi connectivity index (χ4v) is 1.26. The van der Waals surface area contributed by atoms with Gasteiger partial charge in [0.15, 0.2) is 0 Å². The highest BCUT2D eigenvalue weighted by atomic mass is 19.4. The van der Waals surface area contributed by atoms with Crippen LogP contribution in [0.1, 0.15) is 30.5 Å².